The van der Waals surface area contributed by atoms with Gasteiger partial charge < -0.3 is 24.4 Å². The van der Waals surface area contributed by atoms with Crippen LogP contribution in [0.4, 0.5) is 0 Å². The molecule has 0 unspecified atom stereocenters. The minimum atomic E-state index is -1.05. The van der Waals surface area contributed by atoms with Crippen LogP contribution in [0.15, 0.2) is 36.5 Å². The van der Waals surface area contributed by atoms with Gasteiger partial charge in [0, 0.05) is 6.20 Å². The monoisotopic (exact) mass is 357 g/mol. The Kier molecular flexibility index (Phi) is 9.93. The van der Waals surface area contributed by atoms with Crippen molar-refractivity contribution in [2.24, 2.45) is 0 Å². The highest BCUT2D eigenvalue weighted by Crippen LogP contribution is 2.38. The number of aliphatic hydroxyl groups excluding tert-OH is 1. The molecule has 1 aromatic heterocycles. The predicted molar refractivity (Wildman–Crippen MR) is 90.5 cm³/mol. The lowest BCUT2D eigenvalue weighted by Gasteiger charge is -2.12. The fraction of sp³-hybridized carbons (Fsp3) is 0.250. The fourth-order valence-corrected chi connectivity index (χ4v) is 1.70. The van der Waals surface area contributed by atoms with Crippen LogP contribution in [0.3, 0.4) is 0 Å². The van der Waals surface area contributed by atoms with E-state index in [9.17, 15) is 4.79 Å². The van der Waals surface area contributed by atoms with Crippen molar-refractivity contribution in [1.29, 1.82) is 0 Å². The van der Waals surface area contributed by atoms with Crippen molar-refractivity contribution in [1.82, 2.24) is 4.98 Å². The van der Waals surface area contributed by atoms with Gasteiger partial charge in [0.1, 0.15) is 0 Å². The molecule has 0 bridgehead atoms. The van der Waals surface area contributed by atoms with Gasteiger partial charge in [0.15, 0.2) is 11.5 Å². The summed E-state index contributed by atoms with van der Waals surface area (Å²) in [6.07, 6.45) is 1.66. The first kappa shape index (κ1) is 21.5. The summed E-state index contributed by atoms with van der Waals surface area (Å²) in [5, 5.41) is 17.3. The number of hydrogen-bond acceptors (Lipinski definition) is 6. The number of carboxylic acids is 1. The first-order chi connectivity index (χ1) is 11.1. The summed E-state index contributed by atoms with van der Waals surface area (Å²) in [4.78, 5) is 14.6. The number of rotatable bonds is 5. The molecule has 0 fully saturated rings. The summed E-state index contributed by atoms with van der Waals surface area (Å²) in [7, 11) is 4.33. The van der Waals surface area contributed by atoms with Crippen LogP contribution in [0, 0.1) is 0 Å². The Morgan fingerprint density at radius 3 is 1.96 bits per heavy atom. The topological polar surface area (TPSA) is 98.1 Å². The summed E-state index contributed by atoms with van der Waals surface area (Å²) in [6.45, 7) is 0.0286. The molecular weight excluding hydrogens is 338 g/mol. The zero-order valence-corrected chi connectivity index (χ0v) is 14.4. The number of benzene rings is 1. The molecule has 0 saturated carbocycles. The van der Waals surface area contributed by atoms with E-state index < -0.39 is 5.97 Å². The lowest BCUT2D eigenvalue weighted by Crippen LogP contribution is -2.01. The van der Waals surface area contributed by atoms with Crippen LogP contribution in [0.25, 0.3) is 0 Å². The SMILES string of the molecule is COc1cc(C(=O)O)cc(OC)c1OC.Cl.OCc1ccccn1. The number of halogens is 1. The number of aromatic carboxylic acids is 1. The molecule has 2 N–H and O–H groups in total. The summed E-state index contributed by atoms with van der Waals surface area (Å²) >= 11 is 0. The Morgan fingerprint density at radius 2 is 1.67 bits per heavy atom. The molecule has 2 aromatic rings. The number of carbonyl (C=O) groups is 1. The van der Waals surface area contributed by atoms with Gasteiger partial charge in [-0.25, -0.2) is 4.79 Å². The van der Waals surface area contributed by atoms with Crippen molar-refractivity contribution in [3.8, 4) is 17.2 Å². The molecule has 0 aliphatic carbocycles. The Bertz CT molecular complexity index is 611. The highest BCUT2D eigenvalue weighted by Gasteiger charge is 2.15. The maximum atomic E-state index is 10.8. The molecule has 24 heavy (non-hydrogen) atoms. The smallest absolute Gasteiger partial charge is 0.335 e. The molecule has 0 atom stereocenters. The standard InChI is InChI=1S/C10H12O5.C6H7NO.ClH/c1-13-7-4-6(10(11)12)5-8(14-2)9(7)15-3;8-5-6-3-1-2-4-7-6;/h4-5H,1-3H3,(H,11,12);1-4,8H,5H2;1H. The summed E-state index contributed by atoms with van der Waals surface area (Å²) in [5.74, 6) is -0.0113. The van der Waals surface area contributed by atoms with Crippen LogP contribution >= 0.6 is 12.4 Å². The molecule has 0 radical (unpaired) electrons. The maximum Gasteiger partial charge on any atom is 0.335 e. The molecule has 132 valence electrons. The molecule has 1 heterocycles. The number of carboxylic acid groups (broad SMARTS) is 1. The van der Waals surface area contributed by atoms with Gasteiger partial charge >= 0.3 is 5.97 Å². The first-order valence-corrected chi connectivity index (χ1v) is 6.61. The molecule has 7 nitrogen and oxygen atoms in total. The van der Waals surface area contributed by atoms with Crippen LogP contribution < -0.4 is 14.2 Å². The van der Waals surface area contributed by atoms with E-state index in [0.717, 1.165) is 0 Å². The molecule has 0 amide bonds. The molecule has 1 aromatic carbocycles. The molecule has 8 heteroatoms. The van der Waals surface area contributed by atoms with Gasteiger partial charge in [-0.05, 0) is 24.3 Å². The number of pyridine rings is 1. The van der Waals surface area contributed by atoms with Crippen LogP contribution in [0.5, 0.6) is 17.2 Å². The van der Waals surface area contributed by atoms with E-state index in [4.69, 9.17) is 24.4 Å². The summed E-state index contributed by atoms with van der Waals surface area (Å²) in [5.41, 5.74) is 0.803. The van der Waals surface area contributed by atoms with Gasteiger partial charge in [-0.2, -0.15) is 0 Å². The van der Waals surface area contributed by atoms with Crippen molar-refractivity contribution in [3.63, 3.8) is 0 Å². The van der Waals surface area contributed by atoms with Gasteiger partial charge in [0.2, 0.25) is 5.75 Å². The Morgan fingerprint density at radius 1 is 1.08 bits per heavy atom. The molecule has 0 saturated heterocycles. The van der Waals surface area contributed by atoms with E-state index in [1.807, 2.05) is 12.1 Å². The number of hydrogen-bond donors (Lipinski definition) is 2. The fourth-order valence-electron chi connectivity index (χ4n) is 1.70. The lowest BCUT2D eigenvalue weighted by atomic mass is 10.2. The van der Waals surface area contributed by atoms with Crippen molar-refractivity contribution >= 4 is 18.4 Å². The van der Waals surface area contributed by atoms with Gasteiger partial charge in [-0.3, -0.25) is 4.98 Å². The van der Waals surface area contributed by atoms with E-state index in [1.54, 1.807) is 12.3 Å². The predicted octanol–water partition coefficient (Wildman–Crippen LogP) is 2.41. The van der Waals surface area contributed by atoms with E-state index in [1.165, 1.54) is 33.5 Å². The van der Waals surface area contributed by atoms with Gasteiger partial charge in [-0.15, -0.1) is 12.4 Å². The number of methoxy groups -OCH3 is 3. The van der Waals surface area contributed by atoms with Crippen LogP contribution in [0.1, 0.15) is 16.1 Å². The van der Waals surface area contributed by atoms with Gasteiger partial charge in [0.05, 0.1) is 39.2 Å². The van der Waals surface area contributed by atoms with Gasteiger partial charge in [-0.1, -0.05) is 6.07 Å². The molecule has 0 aliphatic heterocycles. The van der Waals surface area contributed by atoms with Crippen LogP contribution in [0.2, 0.25) is 0 Å². The normalized spacial score (nSPS) is 9.00. The number of ether oxygens (including phenoxy) is 3. The first-order valence-electron chi connectivity index (χ1n) is 6.61. The zero-order chi connectivity index (χ0) is 17.2. The minimum Gasteiger partial charge on any atom is -0.493 e. The Labute approximate surface area is 146 Å². The van der Waals surface area contributed by atoms with E-state index in [0.29, 0.717) is 22.9 Å². The molecule has 2 rings (SSSR count). The Hall–Kier alpha value is -2.51. The second kappa shape index (κ2) is 11.1. The average molecular weight is 358 g/mol. The quantitative estimate of drug-likeness (QED) is 0.847. The molecule has 0 aliphatic rings. The summed E-state index contributed by atoms with van der Waals surface area (Å²) < 4.78 is 15.1. The second-order valence-electron chi connectivity index (χ2n) is 4.20. The molecule has 0 spiro atoms. The number of aromatic nitrogens is 1. The maximum absolute atomic E-state index is 10.8. The average Bonchev–Trinajstić information content (AvgIpc) is 2.61. The van der Waals surface area contributed by atoms with E-state index >= 15 is 0 Å². The number of aliphatic hydroxyl groups is 1. The van der Waals surface area contributed by atoms with Crippen molar-refractivity contribution in [3.05, 3.63) is 47.8 Å². The van der Waals surface area contributed by atoms with Crippen LogP contribution in [-0.4, -0.2) is 42.5 Å². The highest BCUT2D eigenvalue weighted by atomic mass is 35.5. The van der Waals surface area contributed by atoms with E-state index in [2.05, 4.69) is 4.98 Å². The highest BCUT2D eigenvalue weighted by molar-refractivity contribution is 5.89. The van der Waals surface area contributed by atoms with Crippen molar-refractivity contribution < 1.29 is 29.2 Å². The van der Waals surface area contributed by atoms with Gasteiger partial charge in [0.25, 0.3) is 0 Å². The third-order valence-electron chi connectivity index (χ3n) is 2.80. The van der Waals surface area contributed by atoms with Crippen LogP contribution in [-0.2, 0) is 6.61 Å². The van der Waals surface area contributed by atoms with Crippen molar-refractivity contribution in [2.45, 2.75) is 6.61 Å². The third kappa shape index (κ3) is 5.94. The second-order valence-corrected chi connectivity index (χ2v) is 4.20. The number of nitrogens with zero attached hydrogens (tertiary/aromatic N) is 1. The third-order valence-corrected chi connectivity index (χ3v) is 2.80. The summed E-state index contributed by atoms with van der Waals surface area (Å²) in [6, 6.07) is 8.20. The Balaban J connectivity index is 0.000000498. The largest absolute Gasteiger partial charge is 0.493 e. The minimum absolute atomic E-state index is 0. The lowest BCUT2D eigenvalue weighted by molar-refractivity contribution is 0.0696. The van der Waals surface area contributed by atoms with Crippen molar-refractivity contribution in [2.75, 3.05) is 21.3 Å². The zero-order valence-electron chi connectivity index (χ0n) is 13.6. The molecular formula is C16H20ClNO6. The van der Waals surface area contributed by atoms with E-state index in [-0.39, 0.29) is 24.6 Å².